The first kappa shape index (κ1) is 16.0. The van der Waals surface area contributed by atoms with Gasteiger partial charge in [-0.3, -0.25) is 9.69 Å². The molecular formula is C17H24N4O2. The van der Waals surface area contributed by atoms with Crippen molar-refractivity contribution >= 4 is 16.9 Å². The summed E-state index contributed by atoms with van der Waals surface area (Å²) in [5, 5.41) is 12.3. The Morgan fingerprint density at radius 2 is 2.22 bits per heavy atom. The molecule has 2 heterocycles. The third-order valence-electron chi connectivity index (χ3n) is 4.58. The molecular weight excluding hydrogens is 292 g/mol. The zero-order valence-electron chi connectivity index (χ0n) is 13.7. The number of hydrogen-bond donors (Lipinski definition) is 2. The molecule has 0 bridgehead atoms. The Morgan fingerprint density at radius 1 is 1.39 bits per heavy atom. The molecule has 124 valence electrons. The van der Waals surface area contributed by atoms with E-state index in [9.17, 15) is 9.90 Å². The number of rotatable bonds is 5. The predicted octanol–water partition coefficient (Wildman–Crippen LogP) is 1.37. The molecule has 0 radical (unpaired) electrons. The van der Waals surface area contributed by atoms with Crippen LogP contribution in [0.1, 0.15) is 36.5 Å². The zero-order chi connectivity index (χ0) is 16.4. The van der Waals surface area contributed by atoms with Crippen molar-refractivity contribution < 1.29 is 9.90 Å². The van der Waals surface area contributed by atoms with Crippen molar-refractivity contribution in [3.05, 3.63) is 29.6 Å². The molecule has 1 amide bonds. The molecule has 2 N–H and O–H groups in total. The van der Waals surface area contributed by atoms with E-state index in [0.29, 0.717) is 12.1 Å². The Morgan fingerprint density at radius 3 is 2.91 bits per heavy atom. The number of imidazole rings is 1. The number of benzene rings is 1. The highest BCUT2D eigenvalue weighted by Crippen LogP contribution is 2.23. The second-order valence-electron chi connectivity index (χ2n) is 5.96. The standard InChI is InChI=1S/C17H24N4O2/c1-3-13(11-22)20-7-8-21-15-6-5-12(17(23)18-4-2)9-14(15)19-16(21)10-20/h5-6,9,13,22H,3-4,7-8,10-11H2,1-2H3,(H,18,23)/t13-/m1/s1. The fraction of sp³-hybridized carbons (Fsp3) is 0.529. The van der Waals surface area contributed by atoms with Gasteiger partial charge >= 0.3 is 0 Å². The van der Waals surface area contributed by atoms with E-state index in [1.165, 1.54) is 0 Å². The molecule has 0 saturated carbocycles. The molecule has 1 aliphatic rings. The van der Waals surface area contributed by atoms with Crippen LogP contribution < -0.4 is 5.32 Å². The van der Waals surface area contributed by atoms with Crippen molar-refractivity contribution in [2.75, 3.05) is 19.7 Å². The summed E-state index contributed by atoms with van der Waals surface area (Å²) in [5.41, 5.74) is 2.58. The van der Waals surface area contributed by atoms with Gasteiger partial charge in [-0.25, -0.2) is 4.98 Å². The minimum Gasteiger partial charge on any atom is -0.395 e. The number of aliphatic hydroxyl groups is 1. The lowest BCUT2D eigenvalue weighted by Gasteiger charge is -2.33. The van der Waals surface area contributed by atoms with Crippen LogP contribution in [0.4, 0.5) is 0 Å². The molecule has 0 saturated heterocycles. The fourth-order valence-corrected chi connectivity index (χ4v) is 3.26. The van der Waals surface area contributed by atoms with Crippen molar-refractivity contribution in [2.45, 2.75) is 39.4 Å². The molecule has 1 aromatic carbocycles. The molecule has 1 aromatic heterocycles. The second-order valence-corrected chi connectivity index (χ2v) is 5.96. The smallest absolute Gasteiger partial charge is 0.251 e. The highest BCUT2D eigenvalue weighted by atomic mass is 16.3. The van der Waals surface area contributed by atoms with Crippen LogP contribution in [0.2, 0.25) is 0 Å². The third-order valence-corrected chi connectivity index (χ3v) is 4.58. The summed E-state index contributed by atoms with van der Waals surface area (Å²) in [6.45, 7) is 7.31. The first-order valence-corrected chi connectivity index (χ1v) is 8.30. The Labute approximate surface area is 136 Å². The number of carbonyl (C=O) groups excluding carboxylic acids is 1. The summed E-state index contributed by atoms with van der Waals surface area (Å²) in [6.07, 6.45) is 0.929. The highest BCUT2D eigenvalue weighted by Gasteiger charge is 2.24. The largest absolute Gasteiger partial charge is 0.395 e. The van der Waals surface area contributed by atoms with E-state index in [0.717, 1.165) is 42.9 Å². The van der Waals surface area contributed by atoms with Crippen LogP contribution in [0.5, 0.6) is 0 Å². The van der Waals surface area contributed by atoms with E-state index in [2.05, 4.69) is 21.7 Å². The Balaban J connectivity index is 1.90. The first-order valence-electron chi connectivity index (χ1n) is 8.30. The predicted molar refractivity (Wildman–Crippen MR) is 89.3 cm³/mol. The molecule has 0 unspecified atom stereocenters. The quantitative estimate of drug-likeness (QED) is 0.874. The van der Waals surface area contributed by atoms with Crippen LogP contribution in [-0.2, 0) is 13.1 Å². The first-order chi connectivity index (χ1) is 11.2. The maximum atomic E-state index is 12.0. The van der Waals surface area contributed by atoms with Crippen LogP contribution in [-0.4, -0.2) is 51.2 Å². The molecule has 0 fully saturated rings. The van der Waals surface area contributed by atoms with Gasteiger partial charge in [0.25, 0.3) is 5.91 Å². The Hall–Kier alpha value is -1.92. The SMILES string of the molecule is CCNC(=O)c1ccc2c(c1)nc1n2CCN([C@H](CC)CO)C1. The van der Waals surface area contributed by atoms with E-state index >= 15 is 0 Å². The Kier molecular flexibility index (Phi) is 4.63. The molecule has 0 aliphatic carbocycles. The summed E-state index contributed by atoms with van der Waals surface area (Å²) < 4.78 is 2.22. The van der Waals surface area contributed by atoms with Gasteiger partial charge in [0.2, 0.25) is 0 Å². The third kappa shape index (κ3) is 2.96. The lowest BCUT2D eigenvalue weighted by Crippen LogP contribution is -2.42. The van der Waals surface area contributed by atoms with E-state index in [1.54, 1.807) is 0 Å². The lowest BCUT2D eigenvalue weighted by molar-refractivity contribution is 0.0945. The Bertz CT molecular complexity index is 706. The van der Waals surface area contributed by atoms with Crippen molar-refractivity contribution in [1.29, 1.82) is 0 Å². The van der Waals surface area contributed by atoms with Crippen molar-refractivity contribution in [1.82, 2.24) is 19.8 Å². The van der Waals surface area contributed by atoms with Crippen LogP contribution in [0.15, 0.2) is 18.2 Å². The van der Waals surface area contributed by atoms with Gasteiger partial charge in [-0.1, -0.05) is 6.92 Å². The maximum Gasteiger partial charge on any atom is 0.251 e. The monoisotopic (exact) mass is 316 g/mol. The number of fused-ring (bicyclic) bond motifs is 3. The number of aromatic nitrogens is 2. The summed E-state index contributed by atoms with van der Waals surface area (Å²) in [4.78, 5) is 19.0. The van der Waals surface area contributed by atoms with Crippen molar-refractivity contribution in [2.24, 2.45) is 0 Å². The van der Waals surface area contributed by atoms with Gasteiger partial charge in [-0.05, 0) is 31.5 Å². The molecule has 2 aromatic rings. The fourth-order valence-electron chi connectivity index (χ4n) is 3.26. The number of hydrogen-bond acceptors (Lipinski definition) is 4. The highest BCUT2D eigenvalue weighted by molar-refractivity contribution is 5.97. The van der Waals surface area contributed by atoms with E-state index in [-0.39, 0.29) is 18.6 Å². The number of nitrogens with zero attached hydrogens (tertiary/aromatic N) is 3. The van der Waals surface area contributed by atoms with Gasteiger partial charge in [-0.2, -0.15) is 0 Å². The topological polar surface area (TPSA) is 70.4 Å². The van der Waals surface area contributed by atoms with Gasteiger partial charge in [-0.15, -0.1) is 0 Å². The average molecular weight is 316 g/mol. The summed E-state index contributed by atoms with van der Waals surface area (Å²) in [7, 11) is 0. The van der Waals surface area contributed by atoms with Gasteiger partial charge in [0.1, 0.15) is 5.82 Å². The minimum atomic E-state index is -0.0617. The van der Waals surface area contributed by atoms with Gasteiger partial charge < -0.3 is 15.0 Å². The lowest BCUT2D eigenvalue weighted by atomic mass is 10.1. The number of carbonyl (C=O) groups is 1. The average Bonchev–Trinajstić information content (AvgIpc) is 2.93. The van der Waals surface area contributed by atoms with Crippen molar-refractivity contribution in [3.63, 3.8) is 0 Å². The van der Waals surface area contributed by atoms with E-state index < -0.39 is 0 Å². The molecule has 23 heavy (non-hydrogen) atoms. The van der Waals surface area contributed by atoms with Crippen LogP contribution in [0, 0.1) is 0 Å². The molecule has 6 heteroatoms. The summed E-state index contributed by atoms with van der Waals surface area (Å²) in [6, 6.07) is 5.89. The zero-order valence-corrected chi connectivity index (χ0v) is 13.7. The maximum absolute atomic E-state index is 12.0. The minimum absolute atomic E-state index is 0.0617. The van der Waals surface area contributed by atoms with Gasteiger partial charge in [0.05, 0.1) is 24.2 Å². The van der Waals surface area contributed by atoms with Gasteiger partial charge in [0.15, 0.2) is 0 Å². The van der Waals surface area contributed by atoms with Crippen LogP contribution >= 0.6 is 0 Å². The number of nitrogens with one attached hydrogen (secondary N) is 1. The summed E-state index contributed by atoms with van der Waals surface area (Å²) in [5.74, 6) is 0.944. The van der Waals surface area contributed by atoms with Crippen LogP contribution in [0.25, 0.3) is 11.0 Å². The van der Waals surface area contributed by atoms with E-state index in [4.69, 9.17) is 4.98 Å². The molecule has 3 rings (SSSR count). The summed E-state index contributed by atoms with van der Waals surface area (Å²) >= 11 is 0. The van der Waals surface area contributed by atoms with Crippen molar-refractivity contribution in [3.8, 4) is 0 Å². The molecule has 0 spiro atoms. The second kappa shape index (κ2) is 6.68. The molecule has 6 nitrogen and oxygen atoms in total. The van der Waals surface area contributed by atoms with E-state index in [1.807, 2.05) is 25.1 Å². The normalized spacial score (nSPS) is 16.3. The van der Waals surface area contributed by atoms with Gasteiger partial charge in [0, 0.05) is 31.2 Å². The number of aliphatic hydroxyl groups excluding tert-OH is 1. The molecule has 1 atom stereocenters. The number of amides is 1. The van der Waals surface area contributed by atoms with Crippen LogP contribution in [0.3, 0.4) is 0 Å². The molecule has 1 aliphatic heterocycles.